The van der Waals surface area contributed by atoms with Gasteiger partial charge in [-0.15, -0.1) is 0 Å². The first kappa shape index (κ1) is 20.5. The molecule has 0 saturated carbocycles. The second kappa shape index (κ2) is 8.00. The van der Waals surface area contributed by atoms with Gasteiger partial charge in [-0.3, -0.25) is 9.52 Å². The van der Waals surface area contributed by atoms with Crippen LogP contribution in [0.3, 0.4) is 0 Å². The lowest BCUT2D eigenvalue weighted by atomic mass is 10.1. The van der Waals surface area contributed by atoms with Gasteiger partial charge in [0.25, 0.3) is 15.9 Å². The molecule has 0 unspecified atom stereocenters. The Balaban J connectivity index is 1.87. The minimum atomic E-state index is -4.00. The Morgan fingerprint density at radius 1 is 0.828 bits per heavy atom. The van der Waals surface area contributed by atoms with Crippen molar-refractivity contribution in [2.75, 3.05) is 10.0 Å². The first-order chi connectivity index (χ1) is 13.7. The lowest BCUT2D eigenvalue weighted by Crippen LogP contribution is -2.17. The van der Waals surface area contributed by atoms with Gasteiger partial charge in [-0.25, -0.2) is 17.2 Å². The molecular weight excluding hydrogens is 398 g/mol. The van der Waals surface area contributed by atoms with Crippen molar-refractivity contribution in [3.63, 3.8) is 0 Å². The molecule has 0 bridgehead atoms. The molecule has 5 nitrogen and oxygen atoms in total. The highest BCUT2D eigenvalue weighted by atomic mass is 32.2. The van der Waals surface area contributed by atoms with Crippen LogP contribution in [0.1, 0.15) is 21.5 Å². The van der Waals surface area contributed by atoms with Gasteiger partial charge in [0.05, 0.1) is 4.90 Å². The Morgan fingerprint density at radius 2 is 1.45 bits per heavy atom. The van der Waals surface area contributed by atoms with E-state index in [1.54, 1.807) is 19.9 Å². The molecule has 150 valence electrons. The smallest absolute Gasteiger partial charge is 0.261 e. The molecular formula is C21H18F2N2O3S. The van der Waals surface area contributed by atoms with Crippen molar-refractivity contribution in [1.29, 1.82) is 0 Å². The van der Waals surface area contributed by atoms with Crippen molar-refractivity contribution in [2.45, 2.75) is 18.7 Å². The highest BCUT2D eigenvalue weighted by Crippen LogP contribution is 2.21. The van der Waals surface area contributed by atoms with Gasteiger partial charge in [0.1, 0.15) is 11.6 Å². The maximum Gasteiger partial charge on any atom is 0.261 e. The molecule has 0 fully saturated rings. The largest absolute Gasteiger partial charge is 0.322 e. The summed E-state index contributed by atoms with van der Waals surface area (Å²) in [5.74, 6) is -1.52. The van der Waals surface area contributed by atoms with Gasteiger partial charge in [0, 0.05) is 16.9 Å². The average Bonchev–Trinajstić information content (AvgIpc) is 2.66. The van der Waals surface area contributed by atoms with E-state index in [-0.39, 0.29) is 21.8 Å². The minimum absolute atomic E-state index is 0.132. The highest BCUT2D eigenvalue weighted by Gasteiger charge is 2.19. The summed E-state index contributed by atoms with van der Waals surface area (Å²) in [7, 11) is -4.00. The Kier molecular flexibility index (Phi) is 5.65. The number of nitrogens with one attached hydrogen (secondary N) is 2. The third kappa shape index (κ3) is 4.78. The van der Waals surface area contributed by atoms with E-state index in [2.05, 4.69) is 10.0 Å². The fourth-order valence-electron chi connectivity index (χ4n) is 2.61. The van der Waals surface area contributed by atoms with Crippen molar-refractivity contribution in [1.82, 2.24) is 0 Å². The van der Waals surface area contributed by atoms with Crippen molar-refractivity contribution in [3.05, 3.63) is 89.0 Å². The number of carbonyl (C=O) groups is 1. The van der Waals surface area contributed by atoms with Crippen LogP contribution in [-0.2, 0) is 10.0 Å². The summed E-state index contributed by atoms with van der Waals surface area (Å²) in [6.07, 6.45) is 0. The number of sulfonamides is 1. The van der Waals surface area contributed by atoms with Crippen LogP contribution in [0.25, 0.3) is 0 Å². The Morgan fingerprint density at radius 3 is 2.10 bits per heavy atom. The highest BCUT2D eigenvalue weighted by molar-refractivity contribution is 7.92. The third-order valence-corrected chi connectivity index (χ3v) is 5.67. The molecule has 0 heterocycles. The molecule has 0 aliphatic rings. The number of aryl methyl sites for hydroxylation is 2. The van der Waals surface area contributed by atoms with Crippen LogP contribution in [0.15, 0.2) is 65.6 Å². The van der Waals surface area contributed by atoms with Crippen molar-refractivity contribution in [3.8, 4) is 0 Å². The van der Waals surface area contributed by atoms with E-state index >= 15 is 0 Å². The molecule has 29 heavy (non-hydrogen) atoms. The van der Waals surface area contributed by atoms with Gasteiger partial charge in [-0.05, 0) is 73.5 Å². The molecule has 0 radical (unpaired) electrons. The van der Waals surface area contributed by atoms with Crippen LogP contribution in [0.5, 0.6) is 0 Å². The summed E-state index contributed by atoms with van der Waals surface area (Å²) in [6.45, 7) is 3.27. The zero-order valence-corrected chi connectivity index (χ0v) is 16.5. The number of hydrogen-bond acceptors (Lipinski definition) is 3. The Labute approximate surface area is 167 Å². The molecule has 8 heteroatoms. The predicted molar refractivity (Wildman–Crippen MR) is 107 cm³/mol. The first-order valence-electron chi connectivity index (χ1n) is 8.62. The predicted octanol–water partition coefficient (Wildman–Crippen LogP) is 4.63. The molecule has 3 aromatic rings. The van der Waals surface area contributed by atoms with Gasteiger partial charge in [0.15, 0.2) is 0 Å². The van der Waals surface area contributed by atoms with E-state index in [1.165, 1.54) is 42.5 Å². The van der Waals surface area contributed by atoms with Crippen LogP contribution in [0.2, 0.25) is 0 Å². The zero-order valence-electron chi connectivity index (χ0n) is 15.7. The van der Waals surface area contributed by atoms with E-state index in [0.29, 0.717) is 11.1 Å². The number of benzene rings is 3. The van der Waals surface area contributed by atoms with E-state index < -0.39 is 27.6 Å². The number of hydrogen-bond donors (Lipinski definition) is 2. The van der Waals surface area contributed by atoms with Crippen LogP contribution >= 0.6 is 0 Å². The fourth-order valence-corrected chi connectivity index (χ4v) is 3.70. The lowest BCUT2D eigenvalue weighted by Gasteiger charge is -2.12. The molecule has 1 amide bonds. The SMILES string of the molecule is Cc1ccc(NC(=O)c2cc(S(=O)(=O)Nc3ccc(F)cc3)ccc2C)cc1F. The average molecular weight is 416 g/mol. The van der Waals surface area contributed by atoms with Gasteiger partial charge >= 0.3 is 0 Å². The molecule has 3 aromatic carbocycles. The molecule has 0 spiro atoms. The number of amides is 1. The van der Waals surface area contributed by atoms with Crippen LogP contribution in [0, 0.1) is 25.5 Å². The number of carbonyl (C=O) groups excluding carboxylic acids is 1. The third-order valence-electron chi connectivity index (χ3n) is 4.29. The summed E-state index contributed by atoms with van der Waals surface area (Å²) in [4.78, 5) is 12.5. The van der Waals surface area contributed by atoms with E-state index in [1.807, 2.05) is 0 Å². The molecule has 0 aliphatic heterocycles. The lowest BCUT2D eigenvalue weighted by molar-refractivity contribution is 0.102. The van der Waals surface area contributed by atoms with Crippen molar-refractivity contribution in [2.24, 2.45) is 0 Å². The van der Waals surface area contributed by atoms with E-state index in [9.17, 15) is 22.0 Å². The molecule has 0 aromatic heterocycles. The molecule has 2 N–H and O–H groups in total. The Hall–Kier alpha value is -3.26. The van der Waals surface area contributed by atoms with Gasteiger partial charge in [-0.2, -0.15) is 0 Å². The van der Waals surface area contributed by atoms with Gasteiger partial charge in [0.2, 0.25) is 0 Å². The maximum atomic E-state index is 13.7. The summed E-state index contributed by atoms with van der Waals surface area (Å²) in [6, 6.07) is 13.2. The summed E-state index contributed by atoms with van der Waals surface area (Å²) >= 11 is 0. The maximum absolute atomic E-state index is 13.7. The summed E-state index contributed by atoms with van der Waals surface area (Å²) < 4.78 is 54.3. The topological polar surface area (TPSA) is 75.3 Å². The summed E-state index contributed by atoms with van der Waals surface area (Å²) in [5.41, 5.74) is 1.58. The quantitative estimate of drug-likeness (QED) is 0.637. The number of halogens is 2. The molecule has 3 rings (SSSR count). The van der Waals surface area contributed by atoms with Crippen LogP contribution in [-0.4, -0.2) is 14.3 Å². The van der Waals surface area contributed by atoms with E-state index in [0.717, 1.165) is 12.1 Å². The second-order valence-electron chi connectivity index (χ2n) is 6.51. The van der Waals surface area contributed by atoms with Crippen LogP contribution < -0.4 is 10.0 Å². The van der Waals surface area contributed by atoms with E-state index in [4.69, 9.17) is 0 Å². The van der Waals surface area contributed by atoms with Crippen molar-refractivity contribution >= 4 is 27.3 Å². The second-order valence-corrected chi connectivity index (χ2v) is 8.19. The standard InChI is InChI=1S/C21H18F2N2O3S/c1-13-4-10-18(29(27,28)25-16-8-5-15(22)6-9-16)12-19(13)21(26)24-17-7-3-14(2)20(23)11-17/h3-12,25H,1-2H3,(H,24,26). The van der Waals surface area contributed by atoms with Crippen LogP contribution in [0.4, 0.5) is 20.2 Å². The van der Waals surface area contributed by atoms with Gasteiger partial charge < -0.3 is 5.32 Å². The monoisotopic (exact) mass is 416 g/mol. The normalized spacial score (nSPS) is 11.2. The van der Waals surface area contributed by atoms with Gasteiger partial charge in [-0.1, -0.05) is 12.1 Å². The number of rotatable bonds is 5. The number of anilines is 2. The molecule has 0 atom stereocenters. The fraction of sp³-hybridized carbons (Fsp3) is 0.0952. The molecule has 0 saturated heterocycles. The Bertz CT molecular complexity index is 1180. The first-order valence-corrected chi connectivity index (χ1v) is 10.1. The van der Waals surface area contributed by atoms with Crippen molar-refractivity contribution < 1.29 is 22.0 Å². The zero-order chi connectivity index (χ0) is 21.2. The summed E-state index contributed by atoms with van der Waals surface area (Å²) in [5, 5.41) is 2.57. The molecule has 0 aliphatic carbocycles. The minimum Gasteiger partial charge on any atom is -0.322 e.